The van der Waals surface area contributed by atoms with Crippen molar-refractivity contribution in [2.45, 2.75) is 32.7 Å². The fourth-order valence-electron chi connectivity index (χ4n) is 3.04. The van der Waals surface area contributed by atoms with Gasteiger partial charge in [-0.3, -0.25) is 9.59 Å². The molecule has 6 heteroatoms. The first-order valence-electron chi connectivity index (χ1n) is 8.97. The zero-order chi connectivity index (χ0) is 19.4. The van der Waals surface area contributed by atoms with Crippen molar-refractivity contribution in [2.75, 3.05) is 0 Å². The number of carbonyl (C=O) groups is 1. The van der Waals surface area contributed by atoms with Crippen LogP contribution in [-0.2, 0) is 11.2 Å². The number of halogens is 1. The molecule has 2 aromatic carbocycles. The lowest BCUT2D eigenvalue weighted by Gasteiger charge is -2.23. The van der Waals surface area contributed by atoms with Crippen LogP contribution < -0.4 is 10.9 Å². The molecule has 1 unspecified atom stereocenters. The summed E-state index contributed by atoms with van der Waals surface area (Å²) >= 11 is 0. The molecule has 140 valence electrons. The molecule has 3 aromatic rings. The van der Waals surface area contributed by atoms with E-state index in [0.717, 1.165) is 5.56 Å². The Bertz CT molecular complexity index is 996. The Kier molecular flexibility index (Phi) is 5.64. The molecule has 5 nitrogen and oxygen atoms in total. The van der Waals surface area contributed by atoms with Crippen LogP contribution in [0, 0.1) is 11.7 Å². The average Bonchev–Trinajstić information content (AvgIpc) is 2.65. The summed E-state index contributed by atoms with van der Waals surface area (Å²) in [4.78, 5) is 31.7. The smallest absolute Gasteiger partial charge is 0.258 e. The van der Waals surface area contributed by atoms with Gasteiger partial charge in [-0.2, -0.15) is 0 Å². The number of aromatic amines is 1. The predicted molar refractivity (Wildman–Crippen MR) is 103 cm³/mol. The summed E-state index contributed by atoms with van der Waals surface area (Å²) in [6, 6.07) is 13.0. The Morgan fingerprint density at radius 3 is 2.56 bits per heavy atom. The van der Waals surface area contributed by atoms with Crippen molar-refractivity contribution < 1.29 is 9.18 Å². The summed E-state index contributed by atoms with van der Waals surface area (Å²) in [5.74, 6) is 0.183. The fourth-order valence-corrected chi connectivity index (χ4v) is 3.04. The number of rotatable bonds is 6. The number of hydrogen-bond acceptors (Lipinski definition) is 3. The molecule has 0 fully saturated rings. The van der Waals surface area contributed by atoms with E-state index in [-0.39, 0.29) is 35.7 Å². The zero-order valence-electron chi connectivity index (χ0n) is 15.3. The van der Waals surface area contributed by atoms with E-state index < -0.39 is 0 Å². The highest BCUT2D eigenvalue weighted by Crippen LogP contribution is 2.22. The Labute approximate surface area is 156 Å². The van der Waals surface area contributed by atoms with Crippen LogP contribution >= 0.6 is 0 Å². The van der Waals surface area contributed by atoms with E-state index in [1.54, 1.807) is 30.3 Å². The van der Waals surface area contributed by atoms with Crippen LogP contribution in [-0.4, -0.2) is 15.9 Å². The van der Waals surface area contributed by atoms with Crippen LogP contribution in [0.2, 0.25) is 0 Å². The first-order valence-corrected chi connectivity index (χ1v) is 8.97. The van der Waals surface area contributed by atoms with Gasteiger partial charge in [-0.15, -0.1) is 0 Å². The van der Waals surface area contributed by atoms with Crippen LogP contribution in [0.25, 0.3) is 10.9 Å². The molecule has 1 amide bonds. The van der Waals surface area contributed by atoms with Crippen LogP contribution in [0.15, 0.2) is 53.3 Å². The SMILES string of the molecule is CC(C)C(NC(=O)CCc1nc2ccccc2c(=O)[nH]1)c1ccc(F)cc1. The number of para-hydroxylation sites is 1. The lowest BCUT2D eigenvalue weighted by atomic mass is 9.96. The van der Waals surface area contributed by atoms with E-state index >= 15 is 0 Å². The van der Waals surface area contributed by atoms with Crippen LogP contribution in [0.1, 0.15) is 37.7 Å². The molecule has 0 bridgehead atoms. The molecule has 0 aliphatic carbocycles. The van der Waals surface area contributed by atoms with E-state index in [9.17, 15) is 14.0 Å². The van der Waals surface area contributed by atoms with Gasteiger partial charge in [0.1, 0.15) is 11.6 Å². The largest absolute Gasteiger partial charge is 0.349 e. The molecule has 1 aromatic heterocycles. The zero-order valence-corrected chi connectivity index (χ0v) is 15.3. The van der Waals surface area contributed by atoms with Gasteiger partial charge in [0, 0.05) is 12.8 Å². The van der Waals surface area contributed by atoms with Crippen molar-refractivity contribution in [3.8, 4) is 0 Å². The third-order valence-corrected chi connectivity index (χ3v) is 4.46. The van der Waals surface area contributed by atoms with Gasteiger partial charge in [-0.05, 0) is 35.7 Å². The van der Waals surface area contributed by atoms with Crippen molar-refractivity contribution in [2.24, 2.45) is 5.92 Å². The van der Waals surface area contributed by atoms with Crippen molar-refractivity contribution in [3.05, 3.63) is 76.1 Å². The van der Waals surface area contributed by atoms with Crippen molar-refractivity contribution >= 4 is 16.8 Å². The topological polar surface area (TPSA) is 74.8 Å². The average molecular weight is 367 g/mol. The highest BCUT2D eigenvalue weighted by Gasteiger charge is 2.18. The first kappa shape index (κ1) is 18.8. The number of H-pyrrole nitrogens is 1. The van der Waals surface area contributed by atoms with E-state index in [1.165, 1.54) is 12.1 Å². The number of nitrogens with zero attached hydrogens (tertiary/aromatic N) is 1. The normalized spacial score (nSPS) is 12.3. The maximum atomic E-state index is 13.1. The molecular weight excluding hydrogens is 345 g/mol. The minimum absolute atomic E-state index is 0.145. The number of hydrogen-bond donors (Lipinski definition) is 2. The maximum absolute atomic E-state index is 13.1. The van der Waals surface area contributed by atoms with Gasteiger partial charge in [0.25, 0.3) is 5.56 Å². The van der Waals surface area contributed by atoms with E-state index in [1.807, 2.05) is 19.9 Å². The molecule has 0 saturated heterocycles. The molecule has 1 heterocycles. The molecule has 1 atom stereocenters. The van der Waals surface area contributed by atoms with Crippen molar-refractivity contribution in [3.63, 3.8) is 0 Å². The Morgan fingerprint density at radius 2 is 1.85 bits per heavy atom. The van der Waals surface area contributed by atoms with Gasteiger partial charge >= 0.3 is 0 Å². The molecule has 3 rings (SSSR count). The van der Waals surface area contributed by atoms with E-state index in [4.69, 9.17) is 0 Å². The van der Waals surface area contributed by atoms with Gasteiger partial charge in [-0.1, -0.05) is 38.1 Å². The van der Waals surface area contributed by atoms with Crippen molar-refractivity contribution in [1.82, 2.24) is 15.3 Å². The molecule has 2 N–H and O–H groups in total. The molecule has 0 saturated carbocycles. The molecule has 0 spiro atoms. The molecular formula is C21H22FN3O2. The van der Waals surface area contributed by atoms with Crippen molar-refractivity contribution in [1.29, 1.82) is 0 Å². The maximum Gasteiger partial charge on any atom is 0.258 e. The number of benzene rings is 2. The van der Waals surface area contributed by atoms with Gasteiger partial charge in [-0.25, -0.2) is 9.37 Å². The standard InChI is InChI=1S/C21H22FN3O2/c1-13(2)20(14-7-9-15(22)10-8-14)25-19(26)12-11-18-23-17-6-4-3-5-16(17)21(27)24-18/h3-10,13,20H,11-12H2,1-2H3,(H,25,26)(H,23,24,27). The molecule has 27 heavy (non-hydrogen) atoms. The minimum atomic E-state index is -0.307. The first-order chi connectivity index (χ1) is 12.9. The second kappa shape index (κ2) is 8.12. The Hall–Kier alpha value is -3.02. The van der Waals surface area contributed by atoms with E-state index in [0.29, 0.717) is 23.1 Å². The van der Waals surface area contributed by atoms with Gasteiger partial charge in [0.2, 0.25) is 5.91 Å². The second-order valence-corrected chi connectivity index (χ2v) is 6.87. The molecule has 0 radical (unpaired) electrons. The number of nitrogens with one attached hydrogen (secondary N) is 2. The summed E-state index contributed by atoms with van der Waals surface area (Å²) in [5, 5.41) is 3.52. The Morgan fingerprint density at radius 1 is 1.15 bits per heavy atom. The predicted octanol–water partition coefficient (Wildman–Crippen LogP) is 3.51. The van der Waals surface area contributed by atoms with E-state index in [2.05, 4.69) is 15.3 Å². The van der Waals surface area contributed by atoms with Gasteiger partial charge in [0.15, 0.2) is 0 Å². The second-order valence-electron chi connectivity index (χ2n) is 6.87. The highest BCUT2D eigenvalue weighted by atomic mass is 19.1. The molecule has 0 aliphatic heterocycles. The summed E-state index contributed by atoms with van der Waals surface area (Å²) in [7, 11) is 0. The fraction of sp³-hybridized carbons (Fsp3) is 0.286. The number of carbonyl (C=O) groups excluding carboxylic acids is 1. The number of amides is 1. The summed E-state index contributed by atoms with van der Waals surface area (Å²) in [5.41, 5.74) is 1.27. The number of aromatic nitrogens is 2. The van der Waals surface area contributed by atoms with Crippen LogP contribution in [0.4, 0.5) is 4.39 Å². The summed E-state index contributed by atoms with van der Waals surface area (Å²) in [6.07, 6.45) is 0.534. The lowest BCUT2D eigenvalue weighted by Crippen LogP contribution is -2.32. The Balaban J connectivity index is 1.68. The summed E-state index contributed by atoms with van der Waals surface area (Å²) in [6.45, 7) is 3.99. The lowest BCUT2D eigenvalue weighted by molar-refractivity contribution is -0.122. The van der Waals surface area contributed by atoms with Crippen LogP contribution in [0.3, 0.4) is 0 Å². The highest BCUT2D eigenvalue weighted by molar-refractivity contribution is 5.78. The van der Waals surface area contributed by atoms with Crippen LogP contribution in [0.5, 0.6) is 0 Å². The third kappa shape index (κ3) is 4.58. The third-order valence-electron chi connectivity index (χ3n) is 4.46. The minimum Gasteiger partial charge on any atom is -0.349 e. The summed E-state index contributed by atoms with van der Waals surface area (Å²) < 4.78 is 13.1. The monoisotopic (exact) mass is 367 g/mol. The number of aryl methyl sites for hydroxylation is 1. The number of fused-ring (bicyclic) bond motifs is 1. The van der Waals surface area contributed by atoms with Gasteiger partial charge in [0.05, 0.1) is 16.9 Å². The molecule has 0 aliphatic rings. The quantitative estimate of drug-likeness (QED) is 0.700. The van der Waals surface area contributed by atoms with Gasteiger partial charge < -0.3 is 10.3 Å².